The van der Waals surface area contributed by atoms with Crippen LogP contribution in [0.1, 0.15) is 83.4 Å². The first kappa shape index (κ1) is 23.4. The summed E-state index contributed by atoms with van der Waals surface area (Å²) in [5.74, 6) is 1.14. The van der Waals surface area contributed by atoms with E-state index >= 15 is 0 Å². The van der Waals surface area contributed by atoms with Crippen molar-refractivity contribution in [3.63, 3.8) is 0 Å². The maximum atomic E-state index is 14.4. The minimum Gasteiger partial charge on any atom is -0.469 e. The van der Waals surface area contributed by atoms with E-state index < -0.39 is 11.1 Å². The van der Waals surface area contributed by atoms with E-state index in [0.29, 0.717) is 37.5 Å². The van der Waals surface area contributed by atoms with Gasteiger partial charge in [0.15, 0.2) is 0 Å². The molecule has 0 spiro atoms. The first-order chi connectivity index (χ1) is 17.6. The zero-order valence-corrected chi connectivity index (χ0v) is 21.6. The summed E-state index contributed by atoms with van der Waals surface area (Å²) in [6, 6.07) is 7.81. The van der Waals surface area contributed by atoms with Gasteiger partial charge in [-0.05, 0) is 88.2 Å². The number of nitrogens with zero attached hydrogens (tertiary/aromatic N) is 3. The van der Waals surface area contributed by atoms with Crippen LogP contribution in [0.15, 0.2) is 28.8 Å². The van der Waals surface area contributed by atoms with Crippen LogP contribution in [0.5, 0.6) is 0 Å². The molecule has 0 saturated heterocycles. The molecule has 4 bridgehead atoms. The van der Waals surface area contributed by atoms with Gasteiger partial charge in [-0.1, -0.05) is 24.2 Å². The summed E-state index contributed by atoms with van der Waals surface area (Å²) in [4.78, 5) is 33.1. The summed E-state index contributed by atoms with van der Waals surface area (Å²) < 4.78 is 25.2. The van der Waals surface area contributed by atoms with Crippen molar-refractivity contribution in [3.05, 3.63) is 30.2 Å². The Morgan fingerprint density at radius 2 is 1.70 bits per heavy atom. The molecule has 7 saturated carbocycles. The second kappa shape index (κ2) is 7.41. The summed E-state index contributed by atoms with van der Waals surface area (Å²) in [5.41, 5.74) is -0.528. The maximum Gasteiger partial charge on any atom is 0.311 e. The number of rotatable bonds is 7. The molecule has 7 fully saturated rings. The molecule has 1 aromatic heterocycles. The minimum absolute atomic E-state index is 0.0160. The average Bonchev–Trinajstić information content (AvgIpc) is 3.43. The number of hydrogen-bond acceptors (Lipinski definition) is 6. The number of carbonyl (C=O) groups is 2. The van der Waals surface area contributed by atoms with Crippen LogP contribution >= 0.6 is 0 Å². The van der Waals surface area contributed by atoms with Gasteiger partial charge in [0, 0.05) is 23.2 Å². The number of halogens is 1. The Kier molecular flexibility index (Phi) is 4.68. The van der Waals surface area contributed by atoms with Gasteiger partial charge >= 0.3 is 5.97 Å². The summed E-state index contributed by atoms with van der Waals surface area (Å²) in [5, 5.41) is 4.23. The van der Waals surface area contributed by atoms with Crippen molar-refractivity contribution in [2.75, 3.05) is 18.6 Å². The fourth-order valence-electron chi connectivity index (χ4n) is 7.62. The van der Waals surface area contributed by atoms with Crippen LogP contribution in [0, 0.1) is 16.2 Å². The number of amides is 1. The van der Waals surface area contributed by atoms with Gasteiger partial charge in [0.1, 0.15) is 5.67 Å². The first-order valence-electron chi connectivity index (χ1n) is 13.7. The highest BCUT2D eigenvalue weighted by molar-refractivity contribution is 6.00. The number of esters is 1. The van der Waals surface area contributed by atoms with Crippen molar-refractivity contribution in [2.45, 2.75) is 88.6 Å². The Bertz CT molecular complexity index is 1250. The molecule has 1 heterocycles. The lowest BCUT2D eigenvalue weighted by Crippen LogP contribution is -2.71. The number of ether oxygens (including phenoxy) is 1. The minimum atomic E-state index is -1.14. The molecule has 8 heteroatoms. The van der Waals surface area contributed by atoms with Crippen molar-refractivity contribution in [1.29, 1.82) is 0 Å². The maximum absolute atomic E-state index is 14.4. The standard InChI is InChI=1S/C29H34FN3O4/c1-25(6-7-25)22-31-21(32-37-22)19-4-3-5-20(14-19)33(23(34)28-15-29(30,16-28)17-28)18-26-8-11-27(12-9-26,13-10-26)24(35)36-2/h3-5,14H,6-13,15-18H2,1-2H3. The lowest BCUT2D eigenvalue weighted by molar-refractivity contribution is -0.211. The Morgan fingerprint density at radius 1 is 1.03 bits per heavy atom. The highest BCUT2D eigenvalue weighted by Crippen LogP contribution is 2.70. The Morgan fingerprint density at radius 3 is 2.30 bits per heavy atom. The molecule has 37 heavy (non-hydrogen) atoms. The summed E-state index contributed by atoms with van der Waals surface area (Å²) in [6.07, 6.45) is 8.15. The number of fused-ring (bicyclic) bond motifs is 3. The van der Waals surface area contributed by atoms with Gasteiger partial charge in [0.25, 0.3) is 0 Å². The molecule has 1 amide bonds. The van der Waals surface area contributed by atoms with Gasteiger partial charge in [-0.25, -0.2) is 4.39 Å². The van der Waals surface area contributed by atoms with Crippen molar-refractivity contribution in [1.82, 2.24) is 10.1 Å². The van der Waals surface area contributed by atoms with Gasteiger partial charge in [0.2, 0.25) is 17.6 Å². The Hall–Kier alpha value is -2.77. The third-order valence-corrected chi connectivity index (χ3v) is 10.5. The van der Waals surface area contributed by atoms with Crippen molar-refractivity contribution in [3.8, 4) is 11.4 Å². The van der Waals surface area contributed by atoms with Gasteiger partial charge in [-0.15, -0.1) is 0 Å². The molecule has 9 rings (SSSR count). The predicted octanol–water partition coefficient (Wildman–Crippen LogP) is 5.53. The van der Waals surface area contributed by atoms with Crippen LogP contribution < -0.4 is 4.90 Å². The number of aromatic nitrogens is 2. The first-order valence-corrected chi connectivity index (χ1v) is 13.7. The van der Waals surface area contributed by atoms with E-state index in [4.69, 9.17) is 9.26 Å². The fourth-order valence-corrected chi connectivity index (χ4v) is 7.62. The molecular formula is C29H34FN3O4. The molecule has 0 aliphatic heterocycles. The predicted molar refractivity (Wildman–Crippen MR) is 133 cm³/mol. The van der Waals surface area contributed by atoms with Gasteiger partial charge in [-0.3, -0.25) is 9.59 Å². The zero-order valence-electron chi connectivity index (χ0n) is 21.6. The normalized spacial score (nSPS) is 36.3. The van der Waals surface area contributed by atoms with Crippen molar-refractivity contribution >= 4 is 17.6 Å². The van der Waals surface area contributed by atoms with Crippen LogP contribution in [0.4, 0.5) is 10.1 Å². The highest BCUT2D eigenvalue weighted by Gasteiger charge is 2.73. The second-order valence-corrected chi connectivity index (χ2v) is 13.2. The Balaban J connectivity index is 1.19. The topological polar surface area (TPSA) is 85.5 Å². The third kappa shape index (κ3) is 3.43. The molecule has 2 aromatic rings. The van der Waals surface area contributed by atoms with E-state index in [2.05, 4.69) is 17.1 Å². The van der Waals surface area contributed by atoms with Crippen LogP contribution in [0.2, 0.25) is 0 Å². The molecule has 0 atom stereocenters. The number of hydrogen-bond donors (Lipinski definition) is 0. The molecule has 7 aliphatic rings. The molecule has 0 N–H and O–H groups in total. The molecule has 0 unspecified atom stereocenters. The van der Waals surface area contributed by atoms with E-state index in [-0.39, 0.29) is 28.1 Å². The van der Waals surface area contributed by atoms with Gasteiger partial charge in [0.05, 0.1) is 17.9 Å². The molecule has 1 aromatic carbocycles. The average molecular weight is 508 g/mol. The Labute approximate surface area is 216 Å². The van der Waals surface area contributed by atoms with Crippen LogP contribution in [0.3, 0.4) is 0 Å². The van der Waals surface area contributed by atoms with E-state index in [1.165, 1.54) is 7.11 Å². The quantitative estimate of drug-likeness (QED) is 0.458. The van der Waals surface area contributed by atoms with Crippen molar-refractivity contribution < 1.29 is 23.2 Å². The van der Waals surface area contributed by atoms with E-state index in [9.17, 15) is 14.0 Å². The number of methoxy groups -OCH3 is 1. The summed E-state index contributed by atoms with van der Waals surface area (Å²) >= 11 is 0. The molecule has 7 aliphatic carbocycles. The van der Waals surface area contributed by atoms with Crippen LogP contribution in [-0.2, 0) is 19.7 Å². The molecule has 0 radical (unpaired) electrons. The second-order valence-electron chi connectivity index (χ2n) is 13.2. The number of carbonyl (C=O) groups excluding carboxylic acids is 2. The van der Waals surface area contributed by atoms with Gasteiger partial charge in [-0.2, -0.15) is 4.98 Å². The fraction of sp³-hybridized carbons (Fsp3) is 0.655. The summed E-state index contributed by atoms with van der Waals surface area (Å²) in [6.45, 7) is 2.72. The van der Waals surface area contributed by atoms with E-state index in [1.54, 1.807) is 0 Å². The number of alkyl halides is 1. The number of benzene rings is 1. The number of anilines is 1. The lowest BCUT2D eigenvalue weighted by Gasteiger charge is -2.65. The van der Waals surface area contributed by atoms with Gasteiger partial charge < -0.3 is 14.2 Å². The smallest absolute Gasteiger partial charge is 0.311 e. The SMILES string of the molecule is COC(=O)C12CCC(CN(C(=O)C34CC(F)(C3)C4)c3cccc(-c4noc(C5(C)CC5)n4)c3)(CC1)CC2. The third-order valence-electron chi connectivity index (χ3n) is 10.5. The van der Waals surface area contributed by atoms with Crippen LogP contribution in [0.25, 0.3) is 11.4 Å². The lowest BCUT2D eigenvalue weighted by atomic mass is 9.41. The highest BCUT2D eigenvalue weighted by atomic mass is 19.1. The largest absolute Gasteiger partial charge is 0.469 e. The van der Waals surface area contributed by atoms with E-state index in [1.807, 2.05) is 29.2 Å². The zero-order chi connectivity index (χ0) is 25.7. The van der Waals surface area contributed by atoms with E-state index in [0.717, 1.165) is 62.6 Å². The summed E-state index contributed by atoms with van der Waals surface area (Å²) in [7, 11) is 1.47. The molecule has 196 valence electrons. The van der Waals surface area contributed by atoms with Crippen LogP contribution in [-0.4, -0.2) is 41.3 Å². The molecular weight excluding hydrogens is 473 g/mol. The molecule has 7 nitrogen and oxygen atoms in total. The van der Waals surface area contributed by atoms with Crippen molar-refractivity contribution in [2.24, 2.45) is 16.2 Å². The monoisotopic (exact) mass is 507 g/mol.